The number of aromatic nitrogens is 4. The summed E-state index contributed by atoms with van der Waals surface area (Å²) in [6.45, 7) is 3.46. The van der Waals surface area contributed by atoms with E-state index in [0.29, 0.717) is 50.4 Å². The number of aryl methyl sites for hydroxylation is 1. The van der Waals surface area contributed by atoms with Gasteiger partial charge in [-0.3, -0.25) is 4.79 Å². The maximum atomic E-state index is 14.3. The molecule has 5 rings (SSSR count). The molecule has 0 aliphatic carbocycles. The fraction of sp³-hybridized carbons (Fsp3) is 0.440. The lowest BCUT2D eigenvalue weighted by molar-refractivity contribution is -0.198. The van der Waals surface area contributed by atoms with Gasteiger partial charge < -0.3 is 25.8 Å². The Hall–Kier alpha value is -3.87. The molecule has 0 bridgehead atoms. The molecule has 0 amide bonds. The molecule has 13 heteroatoms. The van der Waals surface area contributed by atoms with Crippen LogP contribution in [0.25, 0.3) is 5.69 Å². The Morgan fingerprint density at radius 2 is 1.97 bits per heavy atom. The number of carboxylic acid groups (broad SMARTS) is 1. The molecule has 2 aliphatic rings. The molecule has 202 valence electrons. The highest BCUT2D eigenvalue weighted by atomic mass is 19.4. The van der Waals surface area contributed by atoms with E-state index in [-0.39, 0.29) is 28.5 Å². The number of piperidine rings is 1. The van der Waals surface area contributed by atoms with E-state index in [2.05, 4.69) is 20.4 Å². The summed E-state index contributed by atoms with van der Waals surface area (Å²) in [5.41, 5.74) is 6.52. The monoisotopic (exact) mass is 531 g/mol. The van der Waals surface area contributed by atoms with Gasteiger partial charge in [-0.1, -0.05) is 18.2 Å². The van der Waals surface area contributed by atoms with Gasteiger partial charge in [0, 0.05) is 37.5 Å². The van der Waals surface area contributed by atoms with Crippen LogP contribution in [0.1, 0.15) is 36.6 Å². The lowest BCUT2D eigenvalue weighted by Gasteiger charge is -2.39. The number of para-hydroxylation sites is 1. The van der Waals surface area contributed by atoms with Gasteiger partial charge in [-0.2, -0.15) is 28.2 Å². The van der Waals surface area contributed by atoms with Crippen molar-refractivity contribution in [2.75, 3.05) is 30.3 Å². The van der Waals surface area contributed by atoms with E-state index in [1.807, 2.05) is 4.90 Å². The van der Waals surface area contributed by atoms with Crippen LogP contribution in [0.2, 0.25) is 0 Å². The number of aliphatic carboxylic acids is 1. The van der Waals surface area contributed by atoms with Crippen molar-refractivity contribution in [1.82, 2.24) is 25.1 Å². The Morgan fingerprint density at radius 3 is 2.61 bits per heavy atom. The first-order valence-electron chi connectivity index (χ1n) is 12.2. The van der Waals surface area contributed by atoms with Gasteiger partial charge in [-0.05, 0) is 43.7 Å². The van der Waals surface area contributed by atoms with E-state index in [0.717, 1.165) is 0 Å². The number of nitrogens with one attached hydrogen (secondary N) is 1. The van der Waals surface area contributed by atoms with E-state index in [9.17, 15) is 23.1 Å². The Bertz CT molecular complexity index is 1320. The smallest absolute Gasteiger partial charge is 0.429 e. The standard InChI is InChI=1S/C25H28F3N7O3/c1-15-6-9-35(33-15)18-5-3-2-4-16(18)21(25(26,27)28)38-20-12-19(31-23(29)32-20)34-10-7-24(8-11-34)13-17(22(36)37)30-14-24/h2-6,9,12,17,21,30H,7-8,10-11,13-14H2,1H3,(H,36,37)(H2,29,31,32). The molecule has 3 aromatic rings. The molecule has 4 N–H and O–H groups in total. The number of nitrogens with two attached hydrogens (primary N) is 1. The third-order valence-electron chi connectivity index (χ3n) is 7.24. The highest BCUT2D eigenvalue weighted by Gasteiger charge is 2.46. The van der Waals surface area contributed by atoms with Gasteiger partial charge >= 0.3 is 12.1 Å². The van der Waals surface area contributed by atoms with Gasteiger partial charge in [-0.25, -0.2) is 4.68 Å². The second kappa shape index (κ2) is 9.78. The topological polar surface area (TPSA) is 131 Å². The molecule has 2 saturated heterocycles. The van der Waals surface area contributed by atoms with Crippen molar-refractivity contribution in [3.05, 3.63) is 53.9 Å². The van der Waals surface area contributed by atoms with Gasteiger partial charge in [0.2, 0.25) is 17.9 Å². The molecule has 2 aliphatic heterocycles. The predicted molar refractivity (Wildman–Crippen MR) is 132 cm³/mol. The molecule has 1 aromatic carbocycles. The number of rotatable bonds is 6. The second-order valence-electron chi connectivity index (χ2n) is 9.89. The summed E-state index contributed by atoms with van der Waals surface area (Å²) in [7, 11) is 0. The molecule has 1 spiro atoms. The molecular formula is C25H28F3N7O3. The molecule has 2 aromatic heterocycles. The number of carboxylic acids is 1. The first-order chi connectivity index (χ1) is 18.0. The number of alkyl halides is 3. The maximum Gasteiger partial charge on any atom is 0.429 e. The molecule has 38 heavy (non-hydrogen) atoms. The zero-order valence-electron chi connectivity index (χ0n) is 20.6. The first kappa shape index (κ1) is 25.8. The van der Waals surface area contributed by atoms with E-state index >= 15 is 0 Å². The van der Waals surface area contributed by atoms with Crippen molar-refractivity contribution in [2.45, 2.75) is 44.5 Å². The van der Waals surface area contributed by atoms with Crippen molar-refractivity contribution in [3.63, 3.8) is 0 Å². The number of nitrogens with zero attached hydrogens (tertiary/aromatic N) is 5. The number of benzene rings is 1. The number of carbonyl (C=O) groups is 1. The highest BCUT2D eigenvalue weighted by molar-refractivity contribution is 5.74. The predicted octanol–water partition coefficient (Wildman–Crippen LogP) is 3.27. The Labute approximate surface area is 216 Å². The van der Waals surface area contributed by atoms with Gasteiger partial charge in [0.05, 0.1) is 11.4 Å². The van der Waals surface area contributed by atoms with E-state index in [1.54, 1.807) is 31.3 Å². The fourth-order valence-corrected chi connectivity index (χ4v) is 5.23. The summed E-state index contributed by atoms with van der Waals surface area (Å²) in [6.07, 6.45) is -3.53. The fourth-order valence-electron chi connectivity index (χ4n) is 5.23. The number of anilines is 2. The molecule has 2 fully saturated rings. The van der Waals surface area contributed by atoms with Gasteiger partial charge in [0.15, 0.2) is 0 Å². The van der Waals surface area contributed by atoms with Crippen LogP contribution in [-0.2, 0) is 4.79 Å². The van der Waals surface area contributed by atoms with Crippen molar-refractivity contribution in [1.29, 1.82) is 0 Å². The SMILES string of the molecule is Cc1ccn(-c2ccccc2C(Oc2cc(N3CCC4(CC3)CNC(C(=O)O)C4)nc(N)n2)C(F)(F)F)n1. The number of ether oxygens (including phenoxy) is 1. The molecule has 4 heterocycles. The zero-order chi connectivity index (χ0) is 27.1. The second-order valence-corrected chi connectivity index (χ2v) is 9.89. The highest BCUT2D eigenvalue weighted by Crippen LogP contribution is 2.42. The van der Waals surface area contributed by atoms with Crippen molar-refractivity contribution in [2.24, 2.45) is 5.41 Å². The third-order valence-corrected chi connectivity index (χ3v) is 7.24. The quantitative estimate of drug-likeness (QED) is 0.439. The largest absolute Gasteiger partial charge is 0.480 e. The average molecular weight is 532 g/mol. The van der Waals surface area contributed by atoms with E-state index in [4.69, 9.17) is 10.5 Å². The lowest BCUT2D eigenvalue weighted by Crippen LogP contribution is -2.41. The van der Waals surface area contributed by atoms with Gasteiger partial charge in [-0.15, -0.1) is 0 Å². The van der Waals surface area contributed by atoms with Crippen LogP contribution in [-0.4, -0.2) is 62.7 Å². The molecule has 2 unspecified atom stereocenters. The maximum absolute atomic E-state index is 14.3. The zero-order valence-corrected chi connectivity index (χ0v) is 20.6. The molecule has 10 nitrogen and oxygen atoms in total. The Kier molecular flexibility index (Phi) is 6.63. The molecule has 0 radical (unpaired) electrons. The summed E-state index contributed by atoms with van der Waals surface area (Å²) < 4.78 is 49.8. The third kappa shape index (κ3) is 5.23. The summed E-state index contributed by atoms with van der Waals surface area (Å²) in [5, 5.41) is 16.6. The van der Waals surface area contributed by atoms with Crippen LogP contribution in [0.4, 0.5) is 24.9 Å². The average Bonchev–Trinajstić information content (AvgIpc) is 3.49. The number of halogens is 3. The summed E-state index contributed by atoms with van der Waals surface area (Å²) in [6, 6.07) is 8.52. The van der Waals surface area contributed by atoms with Crippen LogP contribution in [0.5, 0.6) is 5.88 Å². The van der Waals surface area contributed by atoms with Gasteiger partial charge in [0.25, 0.3) is 0 Å². The minimum atomic E-state index is -4.76. The normalized spacial score (nSPS) is 20.0. The van der Waals surface area contributed by atoms with Gasteiger partial charge in [0.1, 0.15) is 11.9 Å². The summed E-state index contributed by atoms with van der Waals surface area (Å²) in [4.78, 5) is 21.4. The van der Waals surface area contributed by atoms with Crippen LogP contribution in [0, 0.1) is 12.3 Å². The van der Waals surface area contributed by atoms with Crippen LogP contribution in [0.15, 0.2) is 42.6 Å². The first-order valence-corrected chi connectivity index (χ1v) is 12.2. The van der Waals surface area contributed by atoms with E-state index in [1.165, 1.54) is 22.9 Å². The van der Waals surface area contributed by atoms with Crippen molar-refractivity contribution < 1.29 is 27.8 Å². The summed E-state index contributed by atoms with van der Waals surface area (Å²) in [5.74, 6) is -1.00. The van der Waals surface area contributed by atoms with E-state index < -0.39 is 24.3 Å². The molecule has 2 atom stereocenters. The number of hydrogen-bond acceptors (Lipinski definition) is 8. The Balaban J connectivity index is 1.38. The minimum absolute atomic E-state index is 0.122. The van der Waals surface area contributed by atoms with Crippen LogP contribution < -0.4 is 20.7 Å². The summed E-state index contributed by atoms with van der Waals surface area (Å²) >= 11 is 0. The van der Waals surface area contributed by atoms with Crippen LogP contribution in [0.3, 0.4) is 0 Å². The Morgan fingerprint density at radius 1 is 1.24 bits per heavy atom. The van der Waals surface area contributed by atoms with Crippen LogP contribution >= 0.6 is 0 Å². The molecule has 0 saturated carbocycles. The number of nitrogen functional groups attached to an aromatic ring is 1. The molecular weight excluding hydrogens is 503 g/mol. The number of hydrogen-bond donors (Lipinski definition) is 3. The van der Waals surface area contributed by atoms with Crippen molar-refractivity contribution in [3.8, 4) is 11.6 Å². The lowest BCUT2D eigenvalue weighted by atomic mass is 9.76. The minimum Gasteiger partial charge on any atom is -0.480 e. The van der Waals surface area contributed by atoms with Crippen molar-refractivity contribution >= 4 is 17.7 Å².